The Morgan fingerprint density at radius 2 is 1.42 bits per heavy atom. The highest BCUT2D eigenvalue weighted by Crippen LogP contribution is 2.01. The van der Waals surface area contributed by atoms with Gasteiger partial charge in [-0.25, -0.2) is 0 Å². The van der Waals surface area contributed by atoms with Crippen LogP contribution in [0.25, 0.3) is 0 Å². The van der Waals surface area contributed by atoms with Crippen LogP contribution in [-0.2, 0) is 19.1 Å². The number of esters is 2. The first-order valence-electron chi connectivity index (χ1n) is 4.10. The summed E-state index contributed by atoms with van der Waals surface area (Å²) >= 11 is 0. The van der Waals surface area contributed by atoms with Gasteiger partial charge in [-0.1, -0.05) is 0 Å². The SMILES string of the molecule is O=C1CCCOCCCC(=O)O1. The van der Waals surface area contributed by atoms with E-state index in [9.17, 15) is 9.59 Å². The molecule has 0 amide bonds. The van der Waals surface area contributed by atoms with Gasteiger partial charge >= 0.3 is 11.9 Å². The molecule has 1 heterocycles. The average molecular weight is 172 g/mol. The molecule has 0 aliphatic carbocycles. The van der Waals surface area contributed by atoms with Crippen LogP contribution >= 0.6 is 0 Å². The Morgan fingerprint density at radius 3 is 1.92 bits per heavy atom. The summed E-state index contributed by atoms with van der Waals surface area (Å²) in [6.45, 7) is 1.15. The molecule has 0 radical (unpaired) electrons. The Balaban J connectivity index is 2.34. The molecule has 1 aliphatic heterocycles. The Morgan fingerprint density at radius 1 is 0.917 bits per heavy atom. The van der Waals surface area contributed by atoms with Crippen molar-refractivity contribution < 1.29 is 19.1 Å². The van der Waals surface area contributed by atoms with Crippen LogP contribution in [0.4, 0.5) is 0 Å². The standard InChI is InChI=1S/C8H12O4/c9-7-3-1-5-11-6-2-4-8(10)12-7/h1-6H2. The van der Waals surface area contributed by atoms with Crippen molar-refractivity contribution in [2.45, 2.75) is 25.7 Å². The van der Waals surface area contributed by atoms with E-state index >= 15 is 0 Å². The molecule has 1 rings (SSSR count). The van der Waals surface area contributed by atoms with Gasteiger partial charge in [-0.05, 0) is 12.8 Å². The summed E-state index contributed by atoms with van der Waals surface area (Å²) in [4.78, 5) is 21.6. The summed E-state index contributed by atoms with van der Waals surface area (Å²) in [5.41, 5.74) is 0. The predicted octanol–water partition coefficient (Wildman–Crippen LogP) is 0.647. The summed E-state index contributed by atoms with van der Waals surface area (Å²) in [5.74, 6) is -0.879. The van der Waals surface area contributed by atoms with Gasteiger partial charge in [-0.3, -0.25) is 9.59 Å². The second-order valence-corrected chi connectivity index (χ2v) is 2.67. The van der Waals surface area contributed by atoms with Gasteiger partial charge in [0.1, 0.15) is 0 Å². The van der Waals surface area contributed by atoms with E-state index in [-0.39, 0.29) is 12.8 Å². The maximum Gasteiger partial charge on any atom is 0.313 e. The van der Waals surface area contributed by atoms with Crippen LogP contribution in [0.5, 0.6) is 0 Å². The molecule has 0 atom stereocenters. The minimum absolute atomic E-state index is 0.270. The molecular formula is C8H12O4. The molecule has 0 N–H and O–H groups in total. The second kappa shape index (κ2) is 4.87. The molecule has 12 heavy (non-hydrogen) atoms. The van der Waals surface area contributed by atoms with Gasteiger partial charge in [0.15, 0.2) is 0 Å². The predicted molar refractivity (Wildman–Crippen MR) is 40.4 cm³/mol. The maximum absolute atomic E-state index is 10.8. The van der Waals surface area contributed by atoms with Gasteiger partial charge < -0.3 is 9.47 Å². The molecule has 4 heteroatoms. The van der Waals surface area contributed by atoms with Crippen molar-refractivity contribution >= 4 is 11.9 Å². The highest BCUT2D eigenvalue weighted by atomic mass is 16.6. The molecular weight excluding hydrogens is 160 g/mol. The highest BCUT2D eigenvalue weighted by Gasteiger charge is 2.11. The zero-order chi connectivity index (χ0) is 8.81. The van der Waals surface area contributed by atoms with E-state index in [1.165, 1.54) is 0 Å². The van der Waals surface area contributed by atoms with Crippen LogP contribution in [0.2, 0.25) is 0 Å². The van der Waals surface area contributed by atoms with Crippen molar-refractivity contribution in [1.82, 2.24) is 0 Å². The molecule has 0 aromatic heterocycles. The van der Waals surface area contributed by atoms with E-state index in [1.807, 2.05) is 0 Å². The number of ether oxygens (including phenoxy) is 2. The number of carbonyl (C=O) groups excluding carboxylic acids is 2. The smallest absolute Gasteiger partial charge is 0.313 e. The van der Waals surface area contributed by atoms with Gasteiger partial charge in [0.2, 0.25) is 0 Å². The number of cyclic esters (lactones) is 2. The normalized spacial score (nSPS) is 21.7. The quantitative estimate of drug-likeness (QED) is 0.397. The van der Waals surface area contributed by atoms with E-state index in [4.69, 9.17) is 4.74 Å². The molecule has 0 bridgehead atoms. The summed E-state index contributed by atoms with van der Waals surface area (Å²) < 4.78 is 9.64. The maximum atomic E-state index is 10.8. The first-order chi connectivity index (χ1) is 5.79. The molecule has 0 saturated carbocycles. The number of rotatable bonds is 0. The van der Waals surface area contributed by atoms with Crippen molar-refractivity contribution in [1.29, 1.82) is 0 Å². The lowest BCUT2D eigenvalue weighted by molar-refractivity contribution is -0.160. The van der Waals surface area contributed by atoms with E-state index in [1.54, 1.807) is 0 Å². The first-order valence-corrected chi connectivity index (χ1v) is 4.10. The molecule has 0 spiro atoms. The van der Waals surface area contributed by atoms with E-state index in [2.05, 4.69) is 4.74 Å². The molecule has 0 unspecified atom stereocenters. The Labute approximate surface area is 70.8 Å². The van der Waals surface area contributed by atoms with Gasteiger partial charge in [0, 0.05) is 26.1 Å². The van der Waals surface area contributed by atoms with Gasteiger partial charge in [-0.15, -0.1) is 0 Å². The second-order valence-electron chi connectivity index (χ2n) is 2.67. The monoisotopic (exact) mass is 172 g/mol. The fraction of sp³-hybridized carbons (Fsp3) is 0.750. The molecule has 4 nitrogen and oxygen atoms in total. The summed E-state index contributed by atoms with van der Waals surface area (Å²) in [6, 6.07) is 0. The van der Waals surface area contributed by atoms with Gasteiger partial charge in [0.05, 0.1) is 0 Å². The van der Waals surface area contributed by atoms with Gasteiger partial charge in [-0.2, -0.15) is 0 Å². The van der Waals surface area contributed by atoms with Crippen molar-refractivity contribution in [2.75, 3.05) is 13.2 Å². The average Bonchev–Trinajstić information content (AvgIpc) is 2.02. The zero-order valence-corrected chi connectivity index (χ0v) is 6.88. The third kappa shape index (κ3) is 3.48. The molecule has 68 valence electrons. The van der Waals surface area contributed by atoms with Crippen LogP contribution in [0.3, 0.4) is 0 Å². The molecule has 0 aromatic rings. The summed E-state index contributed by atoms with van der Waals surface area (Å²) in [7, 11) is 0. The summed E-state index contributed by atoms with van der Waals surface area (Å²) in [6.07, 6.45) is 1.80. The molecule has 0 aromatic carbocycles. The van der Waals surface area contributed by atoms with Crippen molar-refractivity contribution in [3.63, 3.8) is 0 Å². The van der Waals surface area contributed by atoms with E-state index in [0.717, 1.165) is 0 Å². The molecule has 1 fully saturated rings. The Hall–Kier alpha value is -0.900. The van der Waals surface area contributed by atoms with Crippen molar-refractivity contribution in [3.05, 3.63) is 0 Å². The third-order valence-corrected chi connectivity index (χ3v) is 1.57. The van der Waals surface area contributed by atoms with Crippen molar-refractivity contribution in [3.8, 4) is 0 Å². The van der Waals surface area contributed by atoms with E-state index < -0.39 is 11.9 Å². The van der Waals surface area contributed by atoms with Gasteiger partial charge in [0.25, 0.3) is 0 Å². The Kier molecular flexibility index (Phi) is 3.73. The topological polar surface area (TPSA) is 52.6 Å². The lowest BCUT2D eigenvalue weighted by Crippen LogP contribution is -2.15. The lowest BCUT2D eigenvalue weighted by atomic mass is 10.3. The number of hydrogen-bond donors (Lipinski definition) is 0. The molecule has 1 saturated heterocycles. The third-order valence-electron chi connectivity index (χ3n) is 1.57. The summed E-state index contributed by atoms with van der Waals surface area (Å²) in [5, 5.41) is 0. The fourth-order valence-electron chi connectivity index (χ4n) is 0.968. The van der Waals surface area contributed by atoms with E-state index in [0.29, 0.717) is 26.1 Å². The Bertz CT molecular complexity index is 158. The highest BCUT2D eigenvalue weighted by molar-refractivity contribution is 5.85. The number of carbonyl (C=O) groups is 2. The van der Waals surface area contributed by atoms with Crippen LogP contribution in [0.15, 0.2) is 0 Å². The van der Waals surface area contributed by atoms with Crippen LogP contribution in [0, 0.1) is 0 Å². The number of hydrogen-bond acceptors (Lipinski definition) is 4. The van der Waals surface area contributed by atoms with Crippen LogP contribution < -0.4 is 0 Å². The minimum atomic E-state index is -0.439. The molecule has 1 aliphatic rings. The fourth-order valence-corrected chi connectivity index (χ4v) is 0.968. The zero-order valence-electron chi connectivity index (χ0n) is 6.88. The van der Waals surface area contributed by atoms with Crippen LogP contribution in [-0.4, -0.2) is 25.2 Å². The van der Waals surface area contributed by atoms with Crippen LogP contribution in [0.1, 0.15) is 25.7 Å². The lowest BCUT2D eigenvalue weighted by Gasteiger charge is -2.07. The first kappa shape index (κ1) is 9.19. The minimum Gasteiger partial charge on any atom is -0.393 e. The largest absolute Gasteiger partial charge is 0.393 e. The van der Waals surface area contributed by atoms with Crippen molar-refractivity contribution in [2.24, 2.45) is 0 Å².